The minimum absolute atomic E-state index is 0.00706. The van der Waals surface area contributed by atoms with Crippen molar-refractivity contribution in [2.45, 2.75) is 32.5 Å². The van der Waals surface area contributed by atoms with Crippen LogP contribution in [0, 0.1) is 13.8 Å². The van der Waals surface area contributed by atoms with Crippen LogP contribution < -0.4 is 10.6 Å². The maximum Gasteiger partial charge on any atom is 0.252 e. The van der Waals surface area contributed by atoms with Gasteiger partial charge in [-0.15, -0.1) is 0 Å². The molecule has 118 valence electrons. The maximum absolute atomic E-state index is 13.1. The summed E-state index contributed by atoms with van der Waals surface area (Å²) in [5, 5.41) is 11.0. The fourth-order valence-electron chi connectivity index (χ4n) is 2.99. The quantitative estimate of drug-likeness (QED) is 0.888. The van der Waals surface area contributed by atoms with E-state index in [1.54, 1.807) is 10.7 Å². The summed E-state index contributed by atoms with van der Waals surface area (Å²) < 4.78 is 14.8. The molecule has 1 fully saturated rings. The van der Waals surface area contributed by atoms with Crippen molar-refractivity contribution in [3.8, 4) is 0 Å². The highest BCUT2D eigenvalue weighted by atomic mass is 19.1. The molecule has 1 aliphatic rings. The number of nitrogens with one attached hydrogen (secondary N) is 2. The molecule has 3 rings (SSSR count). The number of pyridine rings is 1. The summed E-state index contributed by atoms with van der Waals surface area (Å²) in [5.74, 6) is -0.171. The molecule has 0 spiro atoms. The molecule has 2 aromatic rings. The van der Waals surface area contributed by atoms with E-state index in [9.17, 15) is 9.18 Å². The Bertz CT molecular complexity index is 726. The van der Waals surface area contributed by atoms with Crippen molar-refractivity contribution in [1.82, 2.24) is 25.4 Å². The third kappa shape index (κ3) is 2.68. The highest BCUT2D eigenvalue weighted by Crippen LogP contribution is 2.21. The van der Waals surface area contributed by atoms with Crippen LogP contribution in [0.5, 0.6) is 0 Å². The Balaban J connectivity index is 1.84. The fraction of sp³-hybridized carbons (Fsp3) is 0.533. The lowest BCUT2D eigenvalue weighted by atomic mass is 10.1. The van der Waals surface area contributed by atoms with Gasteiger partial charge in [0.25, 0.3) is 5.91 Å². The number of carbonyl (C=O) groups excluding carboxylic acids is 1. The van der Waals surface area contributed by atoms with Crippen molar-refractivity contribution in [3.63, 3.8) is 0 Å². The Morgan fingerprint density at radius 1 is 1.55 bits per heavy atom. The Kier molecular flexibility index (Phi) is 3.82. The number of aryl methyl sites for hydroxylation is 3. The number of amides is 1. The zero-order valence-electron chi connectivity index (χ0n) is 13.0. The van der Waals surface area contributed by atoms with Gasteiger partial charge in [-0.25, -0.2) is 9.37 Å². The van der Waals surface area contributed by atoms with Gasteiger partial charge in [0.2, 0.25) is 0 Å². The van der Waals surface area contributed by atoms with E-state index in [2.05, 4.69) is 20.7 Å². The van der Waals surface area contributed by atoms with Crippen molar-refractivity contribution in [3.05, 3.63) is 23.0 Å². The number of hydrogen-bond acceptors (Lipinski definition) is 4. The first-order chi connectivity index (χ1) is 10.5. The molecule has 0 bridgehead atoms. The molecule has 0 radical (unpaired) electrons. The summed E-state index contributed by atoms with van der Waals surface area (Å²) in [5.41, 5.74) is 2.81. The van der Waals surface area contributed by atoms with Crippen molar-refractivity contribution in [2.75, 3.05) is 13.1 Å². The van der Waals surface area contributed by atoms with Crippen LogP contribution in [0.2, 0.25) is 0 Å². The van der Waals surface area contributed by atoms with Crippen LogP contribution in [-0.2, 0) is 7.05 Å². The van der Waals surface area contributed by atoms with Crippen molar-refractivity contribution >= 4 is 16.9 Å². The number of halogens is 1. The minimum atomic E-state index is -0.822. The van der Waals surface area contributed by atoms with Gasteiger partial charge in [-0.05, 0) is 26.3 Å². The molecule has 6 nitrogen and oxygen atoms in total. The lowest BCUT2D eigenvalue weighted by Gasteiger charge is -2.12. The predicted molar refractivity (Wildman–Crippen MR) is 81.6 cm³/mol. The van der Waals surface area contributed by atoms with E-state index < -0.39 is 6.17 Å². The second-order valence-electron chi connectivity index (χ2n) is 5.87. The summed E-state index contributed by atoms with van der Waals surface area (Å²) in [6.45, 7) is 4.50. The first-order valence-corrected chi connectivity index (χ1v) is 7.42. The lowest BCUT2D eigenvalue weighted by molar-refractivity contribution is 0.0951. The molecule has 2 unspecified atom stereocenters. The molecule has 7 heteroatoms. The molecular formula is C15H20FN5O. The predicted octanol–water partition coefficient (Wildman–Crippen LogP) is 1.01. The van der Waals surface area contributed by atoms with Crippen molar-refractivity contribution < 1.29 is 9.18 Å². The molecule has 3 heterocycles. The first kappa shape index (κ1) is 14.9. The van der Waals surface area contributed by atoms with Gasteiger partial charge in [0, 0.05) is 31.9 Å². The zero-order valence-corrected chi connectivity index (χ0v) is 13.0. The summed E-state index contributed by atoms with van der Waals surface area (Å²) in [4.78, 5) is 17.0. The van der Waals surface area contributed by atoms with Crippen LogP contribution in [-0.4, -0.2) is 46.0 Å². The van der Waals surface area contributed by atoms with E-state index in [0.717, 1.165) is 16.8 Å². The molecule has 1 amide bonds. The van der Waals surface area contributed by atoms with E-state index in [-0.39, 0.29) is 11.9 Å². The lowest BCUT2D eigenvalue weighted by Crippen LogP contribution is -2.37. The minimum Gasteiger partial charge on any atom is -0.350 e. The SMILES string of the molecule is Cc1cc(C(=O)NCC2CC(F)CN2)c2c(C)nn(C)c2n1. The number of nitrogens with zero attached hydrogens (tertiary/aromatic N) is 3. The largest absolute Gasteiger partial charge is 0.350 e. The topological polar surface area (TPSA) is 71.8 Å². The average Bonchev–Trinajstić information content (AvgIpc) is 3.00. The van der Waals surface area contributed by atoms with Crippen LogP contribution in [0.4, 0.5) is 4.39 Å². The Hall–Kier alpha value is -2.02. The normalized spacial score (nSPS) is 21.5. The van der Waals surface area contributed by atoms with E-state index in [4.69, 9.17) is 0 Å². The van der Waals surface area contributed by atoms with Crippen molar-refractivity contribution in [2.24, 2.45) is 7.05 Å². The summed E-state index contributed by atoms with van der Waals surface area (Å²) in [7, 11) is 1.81. The number of aromatic nitrogens is 3. The summed E-state index contributed by atoms with van der Waals surface area (Å²) in [6.07, 6.45) is -0.380. The Morgan fingerprint density at radius 2 is 2.32 bits per heavy atom. The second kappa shape index (κ2) is 5.64. The molecule has 2 aromatic heterocycles. The van der Waals surface area contributed by atoms with Gasteiger partial charge >= 0.3 is 0 Å². The molecule has 0 aliphatic carbocycles. The number of rotatable bonds is 3. The molecule has 2 atom stereocenters. The summed E-state index contributed by atoms with van der Waals surface area (Å²) >= 11 is 0. The molecule has 0 saturated carbocycles. The first-order valence-electron chi connectivity index (χ1n) is 7.42. The molecule has 22 heavy (non-hydrogen) atoms. The van der Waals surface area contributed by atoms with Gasteiger partial charge < -0.3 is 10.6 Å². The monoisotopic (exact) mass is 305 g/mol. The van der Waals surface area contributed by atoms with E-state index >= 15 is 0 Å². The molecule has 0 aromatic carbocycles. The molecule has 1 aliphatic heterocycles. The van der Waals surface area contributed by atoms with Crippen LogP contribution in [0.3, 0.4) is 0 Å². The number of alkyl halides is 1. The molecule has 2 N–H and O–H groups in total. The Labute approximate surface area is 128 Å². The highest BCUT2D eigenvalue weighted by Gasteiger charge is 2.24. The third-order valence-corrected chi connectivity index (χ3v) is 4.02. The van der Waals surface area contributed by atoms with Gasteiger partial charge in [-0.3, -0.25) is 9.48 Å². The van der Waals surface area contributed by atoms with Crippen molar-refractivity contribution in [1.29, 1.82) is 0 Å². The average molecular weight is 305 g/mol. The van der Waals surface area contributed by atoms with Gasteiger partial charge in [-0.1, -0.05) is 0 Å². The molecule has 1 saturated heterocycles. The third-order valence-electron chi connectivity index (χ3n) is 4.02. The highest BCUT2D eigenvalue weighted by molar-refractivity contribution is 6.06. The van der Waals surface area contributed by atoms with Crippen LogP contribution in [0.25, 0.3) is 11.0 Å². The van der Waals surface area contributed by atoms with Gasteiger partial charge in [-0.2, -0.15) is 5.10 Å². The number of hydrogen-bond donors (Lipinski definition) is 2. The van der Waals surface area contributed by atoms with Gasteiger partial charge in [0.05, 0.1) is 16.6 Å². The van der Waals surface area contributed by atoms with Gasteiger partial charge in [0.1, 0.15) is 6.17 Å². The fourth-order valence-corrected chi connectivity index (χ4v) is 2.99. The standard InChI is InChI=1S/C15H20FN5O/c1-8-4-12(13-9(2)20-21(3)14(13)19-8)15(22)18-7-11-5-10(16)6-17-11/h4,10-11,17H,5-7H2,1-3H3,(H,18,22). The van der Waals surface area contributed by atoms with E-state index in [1.165, 1.54) is 0 Å². The van der Waals surface area contributed by atoms with Crippen LogP contribution in [0.1, 0.15) is 28.2 Å². The van der Waals surface area contributed by atoms with Crippen LogP contribution >= 0.6 is 0 Å². The summed E-state index contributed by atoms with van der Waals surface area (Å²) in [6, 6.07) is 1.76. The second-order valence-corrected chi connectivity index (χ2v) is 5.87. The van der Waals surface area contributed by atoms with Crippen LogP contribution in [0.15, 0.2) is 6.07 Å². The maximum atomic E-state index is 13.1. The van der Waals surface area contributed by atoms with E-state index in [0.29, 0.717) is 30.7 Å². The number of fused-ring (bicyclic) bond motifs is 1. The zero-order chi connectivity index (χ0) is 15.9. The molecular weight excluding hydrogens is 285 g/mol. The smallest absolute Gasteiger partial charge is 0.252 e. The van der Waals surface area contributed by atoms with Gasteiger partial charge in [0.15, 0.2) is 5.65 Å². The number of carbonyl (C=O) groups is 1. The Morgan fingerprint density at radius 3 is 3.00 bits per heavy atom. The van der Waals surface area contributed by atoms with E-state index in [1.807, 2.05) is 20.9 Å².